The van der Waals surface area contributed by atoms with Crippen molar-refractivity contribution in [2.75, 3.05) is 5.88 Å². The van der Waals surface area contributed by atoms with Crippen molar-refractivity contribution < 1.29 is 40.6 Å². The zero-order valence-electron chi connectivity index (χ0n) is 10.0. The van der Waals surface area contributed by atoms with E-state index in [4.69, 9.17) is 11.6 Å². The number of carbonyl (C=O) groups excluding carboxylic acids is 1. The molecule has 0 aliphatic rings. The Hall–Kier alpha value is -1.64. The number of Topliss-reactive ketones (excluding diaryl/α,β-unsaturated/α-hetero) is 1. The van der Waals surface area contributed by atoms with Crippen LogP contribution in [0.2, 0.25) is 0 Å². The molecule has 0 atom stereocenters. The molecule has 0 N–H and O–H groups in total. The van der Waals surface area contributed by atoms with E-state index >= 15 is 0 Å². The van der Waals surface area contributed by atoms with Crippen LogP contribution in [0, 0.1) is 0 Å². The van der Waals surface area contributed by atoms with Crippen molar-refractivity contribution in [3.63, 3.8) is 0 Å². The lowest BCUT2D eigenvalue weighted by Crippen LogP contribution is -2.22. The van der Waals surface area contributed by atoms with Gasteiger partial charge in [-0.25, -0.2) is 0 Å². The molecule has 0 aromatic heterocycles. The first kappa shape index (κ1) is 17.4. The van der Waals surface area contributed by atoms with E-state index in [1.165, 1.54) is 0 Å². The average molecular weight is 337 g/mol. The number of para-hydroxylation sites is 1. The first-order valence-corrected chi connectivity index (χ1v) is 5.76. The average Bonchev–Trinajstić information content (AvgIpc) is 2.29. The van der Waals surface area contributed by atoms with Gasteiger partial charge < -0.3 is 9.47 Å². The molecule has 0 fully saturated rings. The fraction of sp³-hybridized carbons (Fsp3) is 0.364. The number of alkyl halides is 7. The SMILES string of the molecule is O=C(CCl)Cc1cccc(OC(F)(F)F)c1OC(F)(F)F. The van der Waals surface area contributed by atoms with Crippen LogP contribution in [0.5, 0.6) is 11.5 Å². The van der Waals surface area contributed by atoms with Gasteiger partial charge in [0, 0.05) is 12.0 Å². The van der Waals surface area contributed by atoms with Crippen LogP contribution in [-0.4, -0.2) is 24.4 Å². The van der Waals surface area contributed by atoms with Crippen molar-refractivity contribution >= 4 is 17.4 Å². The number of benzene rings is 1. The van der Waals surface area contributed by atoms with Gasteiger partial charge in [-0.3, -0.25) is 4.79 Å². The molecule has 3 nitrogen and oxygen atoms in total. The zero-order valence-corrected chi connectivity index (χ0v) is 10.8. The van der Waals surface area contributed by atoms with Crippen LogP contribution in [0.1, 0.15) is 5.56 Å². The quantitative estimate of drug-likeness (QED) is 0.605. The monoisotopic (exact) mass is 336 g/mol. The number of halogens is 7. The zero-order chi connectivity index (χ0) is 16.3. The number of ketones is 1. The maximum Gasteiger partial charge on any atom is 0.573 e. The van der Waals surface area contributed by atoms with Gasteiger partial charge in [0.1, 0.15) is 0 Å². The maximum atomic E-state index is 12.3. The van der Waals surface area contributed by atoms with E-state index in [1.807, 2.05) is 0 Å². The third-order valence-corrected chi connectivity index (χ3v) is 2.34. The number of hydrogen-bond donors (Lipinski definition) is 0. The summed E-state index contributed by atoms with van der Waals surface area (Å²) in [4.78, 5) is 11.2. The standard InChI is InChI=1S/C11H7ClF6O3/c12-5-7(19)4-6-2-1-3-8(20-10(13,14)15)9(6)21-11(16,17)18/h1-3H,4-5H2. The smallest absolute Gasteiger partial charge is 0.402 e. The van der Waals surface area contributed by atoms with Crippen LogP contribution < -0.4 is 9.47 Å². The molecule has 0 amide bonds. The number of ether oxygens (including phenoxy) is 2. The second kappa shape index (κ2) is 6.42. The predicted molar refractivity (Wildman–Crippen MR) is 59.2 cm³/mol. The van der Waals surface area contributed by atoms with Crippen molar-refractivity contribution in [3.8, 4) is 11.5 Å². The van der Waals surface area contributed by atoms with Gasteiger partial charge in [0.15, 0.2) is 17.3 Å². The molecule has 0 spiro atoms. The van der Waals surface area contributed by atoms with Crippen molar-refractivity contribution in [2.45, 2.75) is 19.1 Å². The lowest BCUT2D eigenvalue weighted by Gasteiger charge is -2.18. The summed E-state index contributed by atoms with van der Waals surface area (Å²) in [5, 5.41) is 0. The molecule has 0 radical (unpaired) electrons. The summed E-state index contributed by atoms with van der Waals surface area (Å²) in [6, 6.07) is 2.65. The van der Waals surface area contributed by atoms with E-state index in [2.05, 4.69) is 9.47 Å². The fourth-order valence-corrected chi connectivity index (χ4v) is 1.49. The summed E-state index contributed by atoms with van der Waals surface area (Å²) < 4.78 is 80.4. The summed E-state index contributed by atoms with van der Waals surface area (Å²) in [5.41, 5.74) is -0.417. The minimum atomic E-state index is -5.25. The Morgan fingerprint density at radius 1 is 1.05 bits per heavy atom. The molecule has 0 heterocycles. The highest BCUT2D eigenvalue weighted by atomic mass is 35.5. The molecule has 10 heteroatoms. The van der Waals surface area contributed by atoms with Crippen LogP contribution in [-0.2, 0) is 11.2 Å². The number of rotatable bonds is 5. The molecule has 118 valence electrons. The highest BCUT2D eigenvalue weighted by Crippen LogP contribution is 2.38. The second-order valence-electron chi connectivity index (χ2n) is 3.69. The van der Waals surface area contributed by atoms with Gasteiger partial charge >= 0.3 is 12.7 Å². The largest absolute Gasteiger partial charge is 0.573 e. The van der Waals surface area contributed by atoms with Gasteiger partial charge in [-0.2, -0.15) is 0 Å². The van der Waals surface area contributed by atoms with Crippen molar-refractivity contribution in [1.82, 2.24) is 0 Å². The molecule has 1 rings (SSSR count). The van der Waals surface area contributed by atoms with Gasteiger partial charge in [0.25, 0.3) is 0 Å². The highest BCUT2D eigenvalue weighted by molar-refractivity contribution is 6.27. The molecule has 1 aromatic rings. The Balaban J connectivity index is 3.23. The molecular weight excluding hydrogens is 330 g/mol. The van der Waals surface area contributed by atoms with E-state index in [9.17, 15) is 31.1 Å². The van der Waals surface area contributed by atoms with Gasteiger partial charge in [-0.05, 0) is 6.07 Å². The predicted octanol–water partition coefficient (Wildman–Crippen LogP) is 3.83. The van der Waals surface area contributed by atoms with Crippen LogP contribution in [0.4, 0.5) is 26.3 Å². The van der Waals surface area contributed by atoms with E-state index in [0.29, 0.717) is 6.07 Å². The summed E-state index contributed by atoms with van der Waals surface area (Å²) in [5.74, 6) is -3.61. The van der Waals surface area contributed by atoms with E-state index in [0.717, 1.165) is 12.1 Å². The van der Waals surface area contributed by atoms with Gasteiger partial charge in [-0.1, -0.05) is 12.1 Å². The highest BCUT2D eigenvalue weighted by Gasteiger charge is 2.37. The molecule has 0 saturated carbocycles. The van der Waals surface area contributed by atoms with Crippen LogP contribution in [0.3, 0.4) is 0 Å². The van der Waals surface area contributed by atoms with E-state index in [1.54, 1.807) is 0 Å². The van der Waals surface area contributed by atoms with Crippen LogP contribution >= 0.6 is 11.6 Å². The first-order valence-electron chi connectivity index (χ1n) is 5.23. The molecular formula is C11H7ClF6O3. The lowest BCUT2D eigenvalue weighted by molar-refractivity contribution is -0.287. The van der Waals surface area contributed by atoms with E-state index < -0.39 is 47.9 Å². The number of hydrogen-bond acceptors (Lipinski definition) is 3. The summed E-state index contributed by atoms with van der Waals surface area (Å²) >= 11 is 5.21. The Morgan fingerprint density at radius 3 is 2.10 bits per heavy atom. The summed E-state index contributed by atoms with van der Waals surface area (Å²) in [7, 11) is 0. The third-order valence-electron chi connectivity index (χ3n) is 2.04. The lowest BCUT2D eigenvalue weighted by atomic mass is 10.1. The Labute approximate surface area is 119 Å². The van der Waals surface area contributed by atoms with Crippen molar-refractivity contribution in [1.29, 1.82) is 0 Å². The maximum absolute atomic E-state index is 12.3. The molecule has 21 heavy (non-hydrogen) atoms. The van der Waals surface area contributed by atoms with Crippen molar-refractivity contribution in [2.24, 2.45) is 0 Å². The van der Waals surface area contributed by atoms with Gasteiger partial charge in [-0.15, -0.1) is 37.9 Å². The second-order valence-corrected chi connectivity index (χ2v) is 3.96. The summed E-state index contributed by atoms with van der Waals surface area (Å²) in [6.07, 6.45) is -11.1. The Morgan fingerprint density at radius 2 is 1.62 bits per heavy atom. The third kappa shape index (κ3) is 6.11. The summed E-state index contributed by atoms with van der Waals surface area (Å²) in [6.45, 7) is 0. The fourth-order valence-electron chi connectivity index (χ4n) is 1.40. The van der Waals surface area contributed by atoms with Gasteiger partial charge in [0.2, 0.25) is 0 Å². The van der Waals surface area contributed by atoms with Crippen LogP contribution in [0.15, 0.2) is 18.2 Å². The molecule has 0 bridgehead atoms. The Kier molecular flexibility index (Phi) is 5.32. The van der Waals surface area contributed by atoms with Gasteiger partial charge in [0.05, 0.1) is 5.88 Å². The Bertz CT molecular complexity index is 512. The molecule has 0 aliphatic heterocycles. The van der Waals surface area contributed by atoms with Crippen molar-refractivity contribution in [3.05, 3.63) is 23.8 Å². The number of carbonyl (C=O) groups is 1. The van der Waals surface area contributed by atoms with Crippen LogP contribution in [0.25, 0.3) is 0 Å². The normalized spacial score (nSPS) is 12.1. The molecule has 0 unspecified atom stereocenters. The topological polar surface area (TPSA) is 35.5 Å². The minimum Gasteiger partial charge on any atom is -0.402 e. The van der Waals surface area contributed by atoms with E-state index in [-0.39, 0.29) is 0 Å². The molecule has 0 saturated heterocycles. The first-order chi connectivity index (χ1) is 9.52. The molecule has 1 aromatic carbocycles. The molecule has 0 aliphatic carbocycles. The minimum absolute atomic E-state index is 0.417.